The number of nitrogens with zero attached hydrogens (tertiary/aromatic N) is 1. The fourth-order valence-electron chi connectivity index (χ4n) is 2.81. The monoisotopic (exact) mass is 328 g/mol. The third-order valence-electron chi connectivity index (χ3n) is 4.06. The lowest BCUT2D eigenvalue weighted by atomic mass is 9.78. The molecule has 19 heavy (non-hydrogen) atoms. The van der Waals surface area contributed by atoms with Crippen LogP contribution in [0.4, 0.5) is 5.69 Å². The Morgan fingerprint density at radius 1 is 1.58 bits per heavy atom. The van der Waals surface area contributed by atoms with E-state index >= 15 is 0 Å². The summed E-state index contributed by atoms with van der Waals surface area (Å²) >= 11 is 3.37. The molecule has 5 nitrogen and oxygen atoms in total. The van der Waals surface area contributed by atoms with Crippen LogP contribution in [0.1, 0.15) is 24.8 Å². The maximum Gasteiger partial charge on any atom is 0.270 e. The number of benzene rings is 1. The van der Waals surface area contributed by atoms with Crippen LogP contribution in [-0.4, -0.2) is 22.7 Å². The van der Waals surface area contributed by atoms with Crippen LogP contribution in [0.5, 0.6) is 0 Å². The van der Waals surface area contributed by atoms with Gasteiger partial charge in [0.1, 0.15) is 0 Å². The van der Waals surface area contributed by atoms with Gasteiger partial charge in [0.25, 0.3) is 5.69 Å². The topological polar surface area (TPSA) is 89.4 Å². The second-order valence-corrected chi connectivity index (χ2v) is 6.04. The van der Waals surface area contributed by atoms with Crippen molar-refractivity contribution in [2.45, 2.75) is 31.8 Å². The first-order valence-electron chi connectivity index (χ1n) is 6.29. The summed E-state index contributed by atoms with van der Waals surface area (Å²) in [6.07, 6.45) is 2.90. The van der Waals surface area contributed by atoms with E-state index in [1.54, 1.807) is 6.07 Å². The van der Waals surface area contributed by atoms with Crippen molar-refractivity contribution < 1.29 is 10.0 Å². The highest BCUT2D eigenvalue weighted by atomic mass is 79.9. The lowest BCUT2D eigenvalue weighted by Gasteiger charge is -2.31. The number of nitrogens with two attached hydrogens (primary N) is 1. The Kier molecular flexibility index (Phi) is 4.23. The molecule has 1 aromatic rings. The van der Waals surface area contributed by atoms with Crippen LogP contribution in [0, 0.1) is 15.5 Å². The van der Waals surface area contributed by atoms with Gasteiger partial charge in [-0.2, -0.15) is 0 Å². The number of hydrogen-bond donors (Lipinski definition) is 2. The van der Waals surface area contributed by atoms with E-state index in [9.17, 15) is 15.2 Å². The summed E-state index contributed by atoms with van der Waals surface area (Å²) in [5.74, 6) is 0. The molecular formula is C13H17BrN2O3. The molecule has 0 aromatic heterocycles. The first-order valence-corrected chi connectivity index (χ1v) is 7.09. The van der Waals surface area contributed by atoms with Gasteiger partial charge in [-0.1, -0.05) is 28.4 Å². The molecule has 0 amide bonds. The Morgan fingerprint density at radius 2 is 2.32 bits per heavy atom. The molecule has 0 aliphatic heterocycles. The van der Waals surface area contributed by atoms with Crippen molar-refractivity contribution in [3.05, 3.63) is 38.3 Å². The van der Waals surface area contributed by atoms with Crippen LogP contribution in [0.15, 0.2) is 22.7 Å². The Morgan fingerprint density at radius 3 is 2.79 bits per heavy atom. The molecule has 0 bridgehead atoms. The van der Waals surface area contributed by atoms with E-state index in [-0.39, 0.29) is 17.2 Å². The molecule has 104 valence electrons. The summed E-state index contributed by atoms with van der Waals surface area (Å²) in [6.45, 7) is 0.428. The average molecular weight is 329 g/mol. The van der Waals surface area contributed by atoms with Gasteiger partial charge >= 0.3 is 0 Å². The molecule has 1 saturated carbocycles. The van der Waals surface area contributed by atoms with Gasteiger partial charge in [0, 0.05) is 28.6 Å². The minimum absolute atomic E-state index is 0.0596. The second-order valence-electron chi connectivity index (χ2n) is 5.18. The van der Waals surface area contributed by atoms with E-state index in [2.05, 4.69) is 15.9 Å². The summed E-state index contributed by atoms with van der Waals surface area (Å²) < 4.78 is 0.702. The summed E-state index contributed by atoms with van der Waals surface area (Å²) in [7, 11) is 0. The highest BCUT2D eigenvalue weighted by molar-refractivity contribution is 9.10. The number of rotatable bonds is 4. The lowest BCUT2D eigenvalue weighted by Crippen LogP contribution is -2.39. The minimum Gasteiger partial charge on any atom is -0.392 e. The third kappa shape index (κ3) is 2.80. The molecule has 0 spiro atoms. The van der Waals surface area contributed by atoms with E-state index in [4.69, 9.17) is 5.73 Å². The molecule has 6 heteroatoms. The molecule has 3 N–H and O–H groups in total. The van der Waals surface area contributed by atoms with Gasteiger partial charge < -0.3 is 10.8 Å². The number of nitro groups is 1. The van der Waals surface area contributed by atoms with Crippen molar-refractivity contribution in [1.82, 2.24) is 0 Å². The number of halogens is 1. The second kappa shape index (κ2) is 5.56. The van der Waals surface area contributed by atoms with Gasteiger partial charge in [0.05, 0.1) is 11.0 Å². The van der Waals surface area contributed by atoms with E-state index < -0.39 is 4.92 Å². The van der Waals surface area contributed by atoms with E-state index in [1.807, 2.05) is 0 Å². The van der Waals surface area contributed by atoms with Crippen LogP contribution in [0.2, 0.25) is 0 Å². The Labute approximate surface area is 120 Å². The summed E-state index contributed by atoms with van der Waals surface area (Å²) in [5, 5.41) is 20.8. The Bertz CT molecular complexity index is 495. The van der Waals surface area contributed by atoms with Gasteiger partial charge in [-0.15, -0.1) is 0 Å². The van der Waals surface area contributed by atoms with Crippen molar-refractivity contribution in [1.29, 1.82) is 0 Å². The van der Waals surface area contributed by atoms with Gasteiger partial charge in [0.2, 0.25) is 0 Å². The normalized spacial score (nSPS) is 26.6. The maximum absolute atomic E-state index is 10.7. The zero-order valence-electron chi connectivity index (χ0n) is 10.5. The first kappa shape index (κ1) is 14.4. The summed E-state index contributed by atoms with van der Waals surface area (Å²) in [4.78, 5) is 10.3. The number of aliphatic hydroxyl groups is 1. The van der Waals surface area contributed by atoms with Crippen molar-refractivity contribution >= 4 is 21.6 Å². The minimum atomic E-state index is -0.419. The van der Waals surface area contributed by atoms with Crippen molar-refractivity contribution in [3.8, 4) is 0 Å². The smallest absolute Gasteiger partial charge is 0.270 e. The van der Waals surface area contributed by atoms with Gasteiger partial charge in [-0.25, -0.2) is 0 Å². The van der Waals surface area contributed by atoms with E-state index in [0.29, 0.717) is 17.4 Å². The third-order valence-corrected chi connectivity index (χ3v) is 4.79. The maximum atomic E-state index is 10.7. The van der Waals surface area contributed by atoms with Crippen LogP contribution < -0.4 is 5.73 Å². The number of non-ortho nitro benzene ring substituents is 1. The molecule has 1 fully saturated rings. The molecule has 0 radical (unpaired) electrons. The van der Waals surface area contributed by atoms with Crippen molar-refractivity contribution in [2.75, 3.05) is 6.54 Å². The highest BCUT2D eigenvalue weighted by Gasteiger charge is 2.41. The van der Waals surface area contributed by atoms with Gasteiger partial charge in [-0.05, 0) is 24.8 Å². The number of hydrogen-bond acceptors (Lipinski definition) is 4. The average Bonchev–Trinajstić information content (AvgIpc) is 2.73. The Balaban J connectivity index is 2.25. The zero-order chi connectivity index (χ0) is 14.0. The SMILES string of the molecule is NCC1(Cc2ccc([N+](=O)[O-])cc2Br)CCCC1O. The molecule has 2 unspecified atom stereocenters. The zero-order valence-corrected chi connectivity index (χ0v) is 12.1. The number of nitro benzene ring substituents is 1. The molecule has 0 saturated heterocycles. The summed E-state index contributed by atoms with van der Waals surface area (Å²) in [6, 6.07) is 4.73. The first-order chi connectivity index (χ1) is 8.98. The van der Waals surface area contributed by atoms with Gasteiger partial charge in [0.15, 0.2) is 0 Å². The van der Waals surface area contributed by atoms with Crippen molar-refractivity contribution in [3.63, 3.8) is 0 Å². The summed E-state index contributed by atoms with van der Waals surface area (Å²) in [5.41, 5.74) is 6.57. The molecule has 2 rings (SSSR count). The fourth-order valence-corrected chi connectivity index (χ4v) is 3.32. The van der Waals surface area contributed by atoms with E-state index in [1.165, 1.54) is 12.1 Å². The Hall–Kier alpha value is -0.980. The highest BCUT2D eigenvalue weighted by Crippen LogP contribution is 2.41. The van der Waals surface area contributed by atoms with Crippen molar-refractivity contribution in [2.24, 2.45) is 11.1 Å². The number of aliphatic hydroxyl groups excluding tert-OH is 1. The van der Waals surface area contributed by atoms with E-state index in [0.717, 1.165) is 24.8 Å². The predicted molar refractivity (Wildman–Crippen MR) is 75.8 cm³/mol. The largest absolute Gasteiger partial charge is 0.392 e. The molecular weight excluding hydrogens is 312 g/mol. The van der Waals surface area contributed by atoms with Crippen LogP contribution in [0.3, 0.4) is 0 Å². The molecule has 1 aliphatic rings. The molecule has 1 aromatic carbocycles. The van der Waals surface area contributed by atoms with Gasteiger partial charge in [-0.3, -0.25) is 10.1 Å². The molecule has 1 aliphatic carbocycles. The fraction of sp³-hybridized carbons (Fsp3) is 0.538. The van der Waals surface area contributed by atoms with Crippen LogP contribution in [-0.2, 0) is 6.42 Å². The predicted octanol–water partition coefficient (Wildman–Crippen LogP) is 2.39. The quantitative estimate of drug-likeness (QED) is 0.656. The molecule has 0 heterocycles. The standard InChI is InChI=1S/C13H17BrN2O3/c14-11-6-10(16(18)19)4-3-9(11)7-13(8-15)5-1-2-12(13)17/h3-4,6,12,17H,1-2,5,7-8,15H2. The molecule has 2 atom stereocenters. The van der Waals surface area contributed by atoms with Crippen LogP contribution in [0.25, 0.3) is 0 Å². The lowest BCUT2D eigenvalue weighted by molar-refractivity contribution is -0.384. The van der Waals surface area contributed by atoms with Crippen LogP contribution >= 0.6 is 15.9 Å².